The van der Waals surface area contributed by atoms with Crippen LogP contribution in [0.4, 0.5) is 0 Å². The van der Waals surface area contributed by atoms with Crippen LogP contribution in [0.1, 0.15) is 83.4 Å². The highest BCUT2D eigenvalue weighted by molar-refractivity contribution is 5.93. The fourth-order valence-electron chi connectivity index (χ4n) is 8.03. The monoisotopic (exact) mass is 881 g/mol. The third-order valence-corrected chi connectivity index (χ3v) is 12.0. The van der Waals surface area contributed by atoms with E-state index >= 15 is 0 Å². The van der Waals surface area contributed by atoms with Crippen molar-refractivity contribution in [3.8, 4) is 5.75 Å². The molecule has 1 fully saturated rings. The molecule has 6 N–H and O–H groups in total. The number of aliphatic hydroxyl groups is 2. The van der Waals surface area contributed by atoms with Gasteiger partial charge in [-0.3, -0.25) is 29.0 Å². The molecule has 64 heavy (non-hydrogen) atoms. The summed E-state index contributed by atoms with van der Waals surface area (Å²) in [7, 11) is 0. The second-order valence-corrected chi connectivity index (χ2v) is 17.4. The van der Waals surface area contributed by atoms with Crippen LogP contribution < -0.4 is 16.1 Å². The second kappa shape index (κ2) is 23.2. The van der Waals surface area contributed by atoms with E-state index < -0.39 is 77.9 Å². The van der Waals surface area contributed by atoms with Gasteiger partial charge in [-0.1, -0.05) is 93.6 Å². The minimum Gasteiger partial charge on any atom is -0.508 e. The van der Waals surface area contributed by atoms with Crippen LogP contribution in [0.2, 0.25) is 0 Å². The minimum atomic E-state index is -1.42. The lowest BCUT2D eigenvalue weighted by atomic mass is 9.84. The van der Waals surface area contributed by atoms with E-state index in [1.54, 1.807) is 75.1 Å². The summed E-state index contributed by atoms with van der Waals surface area (Å²) in [6, 6.07) is 10.8. The van der Waals surface area contributed by atoms with Gasteiger partial charge in [0.15, 0.2) is 0 Å². The van der Waals surface area contributed by atoms with Gasteiger partial charge in [0.05, 0.1) is 18.1 Å². The Morgan fingerprint density at radius 2 is 1.67 bits per heavy atom. The number of hydrogen-bond donors (Lipinski definition) is 6. The number of ketones is 1. The number of hydrazine groups is 1. The molecule has 2 aromatic carbocycles. The molecule has 0 aromatic heterocycles. The first kappa shape index (κ1) is 49.1. The fourth-order valence-corrected chi connectivity index (χ4v) is 8.03. The average Bonchev–Trinajstić information content (AvgIpc) is 3.71. The van der Waals surface area contributed by atoms with Gasteiger partial charge in [0, 0.05) is 50.9 Å². The summed E-state index contributed by atoms with van der Waals surface area (Å²) < 4.78 is 6.10. The fraction of sp³-hybridized carbons (Fsp3) is 0.469. The Kier molecular flexibility index (Phi) is 17.8. The maximum absolute atomic E-state index is 14.4. The quantitative estimate of drug-likeness (QED) is 0.121. The number of rotatable bonds is 9. The number of Topliss-reactive ketones (excluding diaryl/α,β-unsaturated/α-hetero) is 1. The second-order valence-electron chi connectivity index (χ2n) is 17.4. The third kappa shape index (κ3) is 13.6. The van der Waals surface area contributed by atoms with E-state index in [9.17, 15) is 44.1 Å². The number of cyclic esters (lactones) is 1. The maximum atomic E-state index is 14.4. The summed E-state index contributed by atoms with van der Waals surface area (Å²) in [4.78, 5) is 83.3. The Labute approximate surface area is 375 Å². The molecule has 1 unspecified atom stereocenters. The number of aliphatic hydroxyl groups excluding tert-OH is 2. The minimum absolute atomic E-state index is 0.0294. The molecule has 4 amide bonds. The van der Waals surface area contributed by atoms with Crippen LogP contribution in [-0.4, -0.2) is 104 Å². The van der Waals surface area contributed by atoms with E-state index in [4.69, 9.17) is 4.74 Å². The van der Waals surface area contributed by atoms with Crippen molar-refractivity contribution in [2.75, 3.05) is 6.54 Å². The van der Waals surface area contributed by atoms with E-state index in [0.717, 1.165) is 11.1 Å². The summed E-state index contributed by atoms with van der Waals surface area (Å²) in [6.07, 6.45) is 8.66. The van der Waals surface area contributed by atoms with Gasteiger partial charge in [-0.15, -0.1) is 0 Å². The van der Waals surface area contributed by atoms with Gasteiger partial charge in [0.2, 0.25) is 17.7 Å². The molecule has 1 saturated heterocycles. The lowest BCUT2D eigenvalue weighted by molar-refractivity contribution is -0.156. The molecular formula is C49H63N5O10. The molecule has 3 heterocycles. The van der Waals surface area contributed by atoms with Gasteiger partial charge in [0.25, 0.3) is 5.91 Å². The largest absolute Gasteiger partial charge is 0.508 e. The number of carbonyl (C=O) groups excluding carboxylic acids is 6. The van der Waals surface area contributed by atoms with Crippen molar-refractivity contribution < 1.29 is 48.8 Å². The van der Waals surface area contributed by atoms with Gasteiger partial charge < -0.3 is 40.4 Å². The lowest BCUT2D eigenvalue weighted by Gasteiger charge is -2.36. The van der Waals surface area contributed by atoms with Gasteiger partial charge in [-0.25, -0.2) is 5.43 Å². The van der Waals surface area contributed by atoms with Crippen molar-refractivity contribution in [3.05, 3.63) is 113 Å². The molecule has 15 nitrogen and oxygen atoms in total. The maximum Gasteiger partial charge on any atom is 0.325 e. The van der Waals surface area contributed by atoms with Crippen LogP contribution in [0.5, 0.6) is 5.75 Å². The van der Waals surface area contributed by atoms with Crippen LogP contribution in [0.15, 0.2) is 96.6 Å². The highest BCUT2D eigenvalue weighted by atomic mass is 16.5. The lowest BCUT2D eigenvalue weighted by Crippen LogP contribution is -2.62. The zero-order valence-corrected chi connectivity index (χ0v) is 37.3. The van der Waals surface area contributed by atoms with Crippen molar-refractivity contribution in [3.63, 3.8) is 0 Å². The summed E-state index contributed by atoms with van der Waals surface area (Å²) >= 11 is 0. The van der Waals surface area contributed by atoms with Gasteiger partial charge in [0.1, 0.15) is 35.8 Å². The first-order valence-electron chi connectivity index (χ1n) is 22.1. The number of aromatic hydroxyl groups is 1. The van der Waals surface area contributed by atoms with Crippen LogP contribution in [0.25, 0.3) is 0 Å². The number of nitrogens with one attached hydrogen (secondary N) is 3. The van der Waals surface area contributed by atoms with Gasteiger partial charge in [-0.05, 0) is 73.4 Å². The third-order valence-electron chi connectivity index (χ3n) is 12.0. The molecule has 15 heteroatoms. The summed E-state index contributed by atoms with van der Waals surface area (Å²) in [5.74, 6) is -5.54. The summed E-state index contributed by atoms with van der Waals surface area (Å²) in [6.45, 7) is 9.38. The van der Waals surface area contributed by atoms with E-state index in [1.807, 2.05) is 24.3 Å². The molecule has 0 radical (unpaired) electrons. The standard InChI is InChI=1S/C49H63N5O10/c1-30(2)44-47(61)50-40(27-34-15-12-18-37(56)26-34)48(62)54-25-13-19-39(52-54)49(63)64-42(31(3)14-11-22-43(58)53-28-35-16-9-10-17-36(35)29-53)21-8-6-7-20-41(57)33(5)45(59)38(46(60)51-44)24-23-32(4)55/h6-12,14-18,20,22,26,30,33,38-42,44-45,52,56-57,59H,13,19,21,23-25,27-29H2,1-5H3,(H,50,61)(H,51,60)/b8-6+,20-7+,22-11+,31-14+/t33-,38+,39?,40-,41-,42-,44-,45+/m0/s1. The normalized spacial score (nSPS) is 27.8. The number of allylic oxidation sites excluding steroid dienone is 4. The number of ether oxygens (including phenoxy) is 1. The highest BCUT2D eigenvalue weighted by Crippen LogP contribution is 2.25. The van der Waals surface area contributed by atoms with Crippen molar-refractivity contribution in [1.82, 2.24) is 26.0 Å². The Bertz CT molecular complexity index is 2110. The van der Waals surface area contributed by atoms with Crippen molar-refractivity contribution in [1.29, 1.82) is 0 Å². The van der Waals surface area contributed by atoms with E-state index in [2.05, 4.69) is 16.1 Å². The predicted molar refractivity (Wildman–Crippen MR) is 239 cm³/mol. The number of esters is 1. The first-order valence-corrected chi connectivity index (χ1v) is 22.1. The van der Waals surface area contributed by atoms with E-state index in [1.165, 1.54) is 36.2 Å². The molecular weight excluding hydrogens is 819 g/mol. The molecule has 344 valence electrons. The van der Waals surface area contributed by atoms with Gasteiger partial charge in [-0.2, -0.15) is 0 Å². The smallest absolute Gasteiger partial charge is 0.325 e. The van der Waals surface area contributed by atoms with E-state index in [0.29, 0.717) is 37.1 Å². The number of amides is 4. The number of nitrogens with zero attached hydrogens (tertiary/aromatic N) is 2. The van der Waals surface area contributed by atoms with Crippen LogP contribution >= 0.6 is 0 Å². The molecule has 0 spiro atoms. The molecule has 2 aromatic rings. The zero-order chi connectivity index (χ0) is 46.5. The number of hydrogen-bond acceptors (Lipinski definition) is 11. The first-order chi connectivity index (χ1) is 30.5. The summed E-state index contributed by atoms with van der Waals surface area (Å²) in [5, 5.41) is 39.7. The van der Waals surface area contributed by atoms with Crippen molar-refractivity contribution in [2.24, 2.45) is 17.8 Å². The number of benzene rings is 2. The number of phenols is 1. The molecule has 0 aliphatic carbocycles. The Morgan fingerprint density at radius 3 is 2.34 bits per heavy atom. The summed E-state index contributed by atoms with van der Waals surface area (Å²) in [5.41, 5.74) is 6.39. The molecule has 5 rings (SSSR count). The molecule has 3 aliphatic heterocycles. The highest BCUT2D eigenvalue weighted by Gasteiger charge is 2.39. The molecule has 3 aliphatic rings. The average molecular weight is 882 g/mol. The molecule has 2 bridgehead atoms. The van der Waals surface area contributed by atoms with Crippen LogP contribution in [0.3, 0.4) is 0 Å². The Morgan fingerprint density at radius 1 is 0.953 bits per heavy atom. The number of fused-ring (bicyclic) bond motifs is 3. The number of phenolic OH excluding ortho intramolecular Hbond substituents is 1. The predicted octanol–water partition coefficient (Wildman–Crippen LogP) is 3.87. The van der Waals surface area contributed by atoms with Gasteiger partial charge >= 0.3 is 5.97 Å². The SMILES string of the molecule is CC(=O)CC[C@H]1C(=O)N[C@@H](C(C)C)C(=O)N[C@@H](Cc2cccc(O)c2)C(=O)N2CCCC(N2)C(=O)O[C@H](/C(C)=C/C=C/C(=O)N2Cc3ccccc3C2)C/C=C/C=C/[C@H](O)[C@H](C)[C@H]1O. The molecule has 8 atom stereocenters. The number of carbonyl (C=O) groups is 6. The Hall–Kier alpha value is -5.90. The zero-order valence-electron chi connectivity index (χ0n) is 37.3. The Balaban J connectivity index is 1.45. The van der Waals surface area contributed by atoms with Crippen LogP contribution in [-0.2, 0) is 53.0 Å². The van der Waals surface area contributed by atoms with Crippen molar-refractivity contribution in [2.45, 2.75) is 123 Å². The topological polar surface area (TPSA) is 215 Å². The van der Waals surface area contributed by atoms with E-state index in [-0.39, 0.29) is 49.7 Å². The van der Waals surface area contributed by atoms with Crippen LogP contribution in [0, 0.1) is 17.8 Å². The van der Waals surface area contributed by atoms with Crippen molar-refractivity contribution >= 4 is 35.4 Å². The molecule has 0 saturated carbocycles.